The minimum Gasteiger partial charge on any atom is -0.383 e. The lowest BCUT2D eigenvalue weighted by Crippen LogP contribution is -2.40. The second-order valence-corrected chi connectivity index (χ2v) is 3.99. The number of halogens is 1. The third kappa shape index (κ3) is 5.68. The third-order valence-corrected chi connectivity index (χ3v) is 2.53. The molecule has 0 unspecified atom stereocenters. The van der Waals surface area contributed by atoms with Gasteiger partial charge in [-0.25, -0.2) is 0 Å². The van der Waals surface area contributed by atoms with Gasteiger partial charge < -0.3 is 15.0 Å². The van der Waals surface area contributed by atoms with Crippen molar-refractivity contribution in [2.45, 2.75) is 32.2 Å². The summed E-state index contributed by atoms with van der Waals surface area (Å²) in [7, 11) is 1.66. The Morgan fingerprint density at radius 3 is 2.69 bits per heavy atom. The van der Waals surface area contributed by atoms with E-state index in [4.69, 9.17) is 4.74 Å². The molecule has 96 valence electrons. The van der Waals surface area contributed by atoms with Gasteiger partial charge in [0.1, 0.15) is 0 Å². The zero-order chi connectivity index (χ0) is 11.1. The Hall–Kier alpha value is -0.320. The van der Waals surface area contributed by atoms with Crippen LogP contribution in [0, 0.1) is 0 Å². The zero-order valence-electron chi connectivity index (χ0n) is 10.2. The van der Waals surface area contributed by atoms with E-state index in [1.807, 2.05) is 4.90 Å². The first-order valence-corrected chi connectivity index (χ1v) is 5.78. The molecule has 4 nitrogen and oxygen atoms in total. The molecule has 1 saturated carbocycles. The quantitative estimate of drug-likeness (QED) is 0.655. The third-order valence-electron chi connectivity index (χ3n) is 2.53. The van der Waals surface area contributed by atoms with E-state index in [0.29, 0.717) is 19.2 Å². The fourth-order valence-corrected chi connectivity index (χ4v) is 1.61. The summed E-state index contributed by atoms with van der Waals surface area (Å²) in [5.41, 5.74) is 0. The Kier molecular flexibility index (Phi) is 8.61. The Labute approximate surface area is 104 Å². The summed E-state index contributed by atoms with van der Waals surface area (Å²) in [6, 6.07) is 0.529. The summed E-state index contributed by atoms with van der Waals surface area (Å²) in [6.45, 7) is 4.85. The molecule has 1 N–H and O–H groups in total. The van der Waals surface area contributed by atoms with Crippen LogP contribution >= 0.6 is 12.4 Å². The van der Waals surface area contributed by atoms with Crippen molar-refractivity contribution in [3.63, 3.8) is 0 Å². The summed E-state index contributed by atoms with van der Waals surface area (Å²) in [5.74, 6) is 0.232. The largest absolute Gasteiger partial charge is 0.383 e. The van der Waals surface area contributed by atoms with Gasteiger partial charge in [-0.3, -0.25) is 4.79 Å². The van der Waals surface area contributed by atoms with E-state index in [9.17, 15) is 4.79 Å². The Morgan fingerprint density at radius 2 is 2.19 bits per heavy atom. The van der Waals surface area contributed by atoms with Crippen LogP contribution < -0.4 is 5.32 Å². The lowest BCUT2D eigenvalue weighted by molar-refractivity contribution is -0.130. The van der Waals surface area contributed by atoms with Crippen LogP contribution in [0.1, 0.15) is 26.2 Å². The first-order chi connectivity index (χ1) is 7.29. The monoisotopic (exact) mass is 250 g/mol. The van der Waals surface area contributed by atoms with E-state index in [1.165, 1.54) is 12.8 Å². The van der Waals surface area contributed by atoms with E-state index in [2.05, 4.69) is 12.2 Å². The van der Waals surface area contributed by atoms with Crippen LogP contribution in [0.3, 0.4) is 0 Å². The first kappa shape index (κ1) is 15.7. The normalized spacial score (nSPS) is 14.4. The average Bonchev–Trinajstić information content (AvgIpc) is 3.04. The van der Waals surface area contributed by atoms with Crippen LogP contribution in [-0.4, -0.2) is 50.2 Å². The molecule has 0 aliphatic heterocycles. The summed E-state index contributed by atoms with van der Waals surface area (Å²) in [4.78, 5) is 13.8. The van der Waals surface area contributed by atoms with Crippen LogP contribution in [0.4, 0.5) is 0 Å². The van der Waals surface area contributed by atoms with Crippen molar-refractivity contribution in [3.8, 4) is 0 Å². The molecule has 0 bridgehead atoms. The van der Waals surface area contributed by atoms with E-state index in [1.54, 1.807) is 7.11 Å². The lowest BCUT2D eigenvalue weighted by Gasteiger charge is -2.21. The highest BCUT2D eigenvalue weighted by atomic mass is 35.5. The van der Waals surface area contributed by atoms with E-state index in [-0.39, 0.29) is 18.3 Å². The maximum absolute atomic E-state index is 11.8. The number of hydrogen-bond acceptors (Lipinski definition) is 3. The Balaban J connectivity index is 0.00000225. The minimum atomic E-state index is 0. The molecule has 16 heavy (non-hydrogen) atoms. The highest BCUT2D eigenvalue weighted by molar-refractivity contribution is 5.85. The number of rotatable bonds is 8. The fourth-order valence-electron chi connectivity index (χ4n) is 1.61. The van der Waals surface area contributed by atoms with Gasteiger partial charge in [0.15, 0.2) is 0 Å². The van der Waals surface area contributed by atoms with Crippen molar-refractivity contribution in [2.75, 3.05) is 33.4 Å². The maximum atomic E-state index is 11.8. The SMILES string of the molecule is CCCN(C(=O)CNCCOC)C1CC1.Cl. The van der Waals surface area contributed by atoms with Crippen molar-refractivity contribution in [3.05, 3.63) is 0 Å². The molecular formula is C11H23ClN2O2. The number of nitrogens with one attached hydrogen (secondary N) is 1. The van der Waals surface area contributed by atoms with Gasteiger partial charge in [-0.2, -0.15) is 0 Å². The molecule has 1 amide bonds. The lowest BCUT2D eigenvalue weighted by atomic mass is 10.3. The van der Waals surface area contributed by atoms with Gasteiger partial charge in [-0.05, 0) is 19.3 Å². The highest BCUT2D eigenvalue weighted by Crippen LogP contribution is 2.26. The summed E-state index contributed by atoms with van der Waals surface area (Å²) in [5, 5.41) is 3.09. The average molecular weight is 251 g/mol. The van der Waals surface area contributed by atoms with Crippen molar-refractivity contribution < 1.29 is 9.53 Å². The predicted molar refractivity (Wildman–Crippen MR) is 67.0 cm³/mol. The Bertz CT molecular complexity index is 198. The van der Waals surface area contributed by atoms with Gasteiger partial charge in [-0.1, -0.05) is 6.92 Å². The number of carbonyl (C=O) groups excluding carboxylic acids is 1. The summed E-state index contributed by atoms with van der Waals surface area (Å²) in [6.07, 6.45) is 3.41. The Morgan fingerprint density at radius 1 is 1.50 bits per heavy atom. The zero-order valence-corrected chi connectivity index (χ0v) is 11.0. The van der Waals surface area contributed by atoms with Gasteiger partial charge in [0, 0.05) is 26.2 Å². The summed E-state index contributed by atoms with van der Waals surface area (Å²) >= 11 is 0. The second-order valence-electron chi connectivity index (χ2n) is 3.99. The standard InChI is InChI=1S/C11H22N2O2.ClH/c1-3-7-13(10-4-5-10)11(14)9-12-6-8-15-2;/h10,12H,3-9H2,1-2H3;1H. The molecule has 0 radical (unpaired) electrons. The van der Waals surface area contributed by atoms with Crippen molar-refractivity contribution >= 4 is 18.3 Å². The molecule has 0 atom stereocenters. The van der Waals surface area contributed by atoms with Crippen molar-refractivity contribution in [1.29, 1.82) is 0 Å². The topological polar surface area (TPSA) is 41.6 Å². The van der Waals surface area contributed by atoms with E-state index >= 15 is 0 Å². The summed E-state index contributed by atoms with van der Waals surface area (Å²) < 4.78 is 4.90. The van der Waals surface area contributed by atoms with Gasteiger partial charge in [0.05, 0.1) is 13.2 Å². The molecule has 0 aromatic heterocycles. The smallest absolute Gasteiger partial charge is 0.236 e. The molecule has 0 saturated heterocycles. The molecule has 0 heterocycles. The predicted octanol–water partition coefficient (Wildman–Crippen LogP) is 1.05. The molecule has 1 aliphatic rings. The van der Waals surface area contributed by atoms with Crippen LogP contribution in [-0.2, 0) is 9.53 Å². The molecular weight excluding hydrogens is 228 g/mol. The molecule has 1 rings (SSSR count). The van der Waals surface area contributed by atoms with Gasteiger partial charge in [0.25, 0.3) is 0 Å². The number of nitrogens with zero attached hydrogens (tertiary/aromatic N) is 1. The molecule has 0 spiro atoms. The van der Waals surface area contributed by atoms with E-state index in [0.717, 1.165) is 19.5 Å². The number of amides is 1. The van der Waals surface area contributed by atoms with E-state index < -0.39 is 0 Å². The van der Waals surface area contributed by atoms with Crippen molar-refractivity contribution in [2.24, 2.45) is 0 Å². The number of ether oxygens (including phenoxy) is 1. The minimum absolute atomic E-state index is 0. The number of carbonyl (C=O) groups is 1. The highest BCUT2D eigenvalue weighted by Gasteiger charge is 2.31. The van der Waals surface area contributed by atoms with Gasteiger partial charge >= 0.3 is 0 Å². The molecule has 0 aromatic carbocycles. The number of methoxy groups -OCH3 is 1. The second kappa shape index (κ2) is 8.79. The van der Waals surface area contributed by atoms with Gasteiger partial charge in [-0.15, -0.1) is 12.4 Å². The van der Waals surface area contributed by atoms with Gasteiger partial charge in [0.2, 0.25) is 5.91 Å². The fraction of sp³-hybridized carbons (Fsp3) is 0.909. The molecule has 0 aromatic rings. The maximum Gasteiger partial charge on any atom is 0.236 e. The van der Waals surface area contributed by atoms with Crippen LogP contribution in [0.25, 0.3) is 0 Å². The first-order valence-electron chi connectivity index (χ1n) is 5.78. The van der Waals surface area contributed by atoms with Crippen LogP contribution in [0.15, 0.2) is 0 Å². The van der Waals surface area contributed by atoms with Crippen molar-refractivity contribution in [1.82, 2.24) is 10.2 Å². The number of hydrogen-bond donors (Lipinski definition) is 1. The molecule has 5 heteroatoms. The van der Waals surface area contributed by atoms with Crippen LogP contribution in [0.5, 0.6) is 0 Å². The van der Waals surface area contributed by atoms with Crippen LogP contribution in [0.2, 0.25) is 0 Å². The molecule has 1 aliphatic carbocycles. The molecule has 1 fully saturated rings.